The normalized spacial score (nSPS) is 12.4. The van der Waals surface area contributed by atoms with E-state index in [1.807, 2.05) is 0 Å². The molecule has 0 N–H and O–H groups in total. The summed E-state index contributed by atoms with van der Waals surface area (Å²) in [5.74, 6) is 3.45. The van der Waals surface area contributed by atoms with Gasteiger partial charge in [-0.2, -0.15) is 0 Å². The van der Waals surface area contributed by atoms with Crippen molar-refractivity contribution in [2.45, 2.75) is 58.8 Å². The molecule has 1 unspecified atom stereocenters. The summed E-state index contributed by atoms with van der Waals surface area (Å²) in [6.45, 7) is 4.50. The first-order valence-corrected chi connectivity index (χ1v) is 5.24. The van der Waals surface area contributed by atoms with E-state index in [2.05, 4.69) is 19.8 Å². The maximum atomic E-state index is 5.23. The van der Waals surface area contributed by atoms with E-state index in [0.717, 1.165) is 12.3 Å². The van der Waals surface area contributed by atoms with Crippen LogP contribution in [0.5, 0.6) is 0 Å². The van der Waals surface area contributed by atoms with Crippen molar-refractivity contribution < 1.29 is 0 Å². The summed E-state index contributed by atoms with van der Waals surface area (Å²) in [5, 5.41) is 0. The molecule has 0 aliphatic heterocycles. The van der Waals surface area contributed by atoms with Crippen molar-refractivity contribution in [3.05, 3.63) is 0 Å². The topological polar surface area (TPSA) is 0 Å². The summed E-state index contributed by atoms with van der Waals surface area (Å²) in [6, 6.07) is 0. The molecule has 0 heterocycles. The third kappa shape index (κ3) is 7.66. The van der Waals surface area contributed by atoms with Crippen LogP contribution >= 0.6 is 0 Å². The molecule has 1 atom stereocenters. The SMILES string of the molecule is C#CCC(C)CCCCCCC. The standard InChI is InChI=1S/C12H22/c1-4-6-7-8-9-11-12(3)10-5-2/h2,12H,4,6-11H2,1,3H3. The number of hydrogen-bond acceptors (Lipinski definition) is 0. The van der Waals surface area contributed by atoms with Crippen LogP contribution in [0.15, 0.2) is 0 Å². The summed E-state index contributed by atoms with van der Waals surface area (Å²) < 4.78 is 0. The zero-order chi connectivity index (χ0) is 9.23. The van der Waals surface area contributed by atoms with Gasteiger partial charge in [0.05, 0.1) is 0 Å². The number of rotatable bonds is 7. The second-order valence-corrected chi connectivity index (χ2v) is 3.72. The number of hydrogen-bond donors (Lipinski definition) is 0. The molecule has 0 aromatic rings. The van der Waals surface area contributed by atoms with Crippen LogP contribution < -0.4 is 0 Å². The molecule has 0 saturated carbocycles. The lowest BCUT2D eigenvalue weighted by Gasteiger charge is -2.06. The smallest absolute Gasteiger partial charge is 0.0112 e. The first-order chi connectivity index (χ1) is 5.81. The molecule has 0 radical (unpaired) electrons. The molecule has 12 heavy (non-hydrogen) atoms. The van der Waals surface area contributed by atoms with Crippen molar-refractivity contribution in [1.82, 2.24) is 0 Å². The minimum Gasteiger partial charge on any atom is -0.120 e. The summed E-state index contributed by atoms with van der Waals surface area (Å²) >= 11 is 0. The Labute approximate surface area is 77.8 Å². The molecule has 0 aliphatic carbocycles. The third-order valence-electron chi connectivity index (χ3n) is 2.27. The second-order valence-electron chi connectivity index (χ2n) is 3.72. The second kappa shape index (κ2) is 8.65. The Balaban J connectivity index is 3.04. The van der Waals surface area contributed by atoms with Gasteiger partial charge in [0.25, 0.3) is 0 Å². The Morgan fingerprint density at radius 1 is 1.17 bits per heavy atom. The van der Waals surface area contributed by atoms with Gasteiger partial charge < -0.3 is 0 Å². The van der Waals surface area contributed by atoms with Crippen molar-refractivity contribution in [3.63, 3.8) is 0 Å². The molecule has 0 aromatic carbocycles. The molecule has 0 amide bonds. The van der Waals surface area contributed by atoms with Crippen molar-refractivity contribution in [2.75, 3.05) is 0 Å². The Hall–Kier alpha value is -0.440. The number of terminal acetylenes is 1. The predicted octanol–water partition coefficient (Wildman–Crippen LogP) is 4.01. The molecule has 0 nitrogen and oxygen atoms in total. The minimum absolute atomic E-state index is 0.733. The van der Waals surface area contributed by atoms with Gasteiger partial charge >= 0.3 is 0 Å². The van der Waals surface area contributed by atoms with Gasteiger partial charge in [0, 0.05) is 6.42 Å². The Morgan fingerprint density at radius 2 is 1.83 bits per heavy atom. The number of unbranched alkanes of at least 4 members (excludes halogenated alkanes) is 4. The summed E-state index contributed by atoms with van der Waals surface area (Å²) in [7, 11) is 0. The summed E-state index contributed by atoms with van der Waals surface area (Å²) in [6.07, 6.45) is 14.4. The highest BCUT2D eigenvalue weighted by molar-refractivity contribution is 4.85. The van der Waals surface area contributed by atoms with E-state index in [9.17, 15) is 0 Å². The molecule has 0 aromatic heterocycles. The molecule has 0 spiro atoms. The lowest BCUT2D eigenvalue weighted by Crippen LogP contribution is -1.92. The molecule has 0 heteroatoms. The predicted molar refractivity (Wildman–Crippen MR) is 56.0 cm³/mol. The van der Waals surface area contributed by atoms with Crippen LogP contribution in [0.2, 0.25) is 0 Å². The van der Waals surface area contributed by atoms with Crippen molar-refractivity contribution >= 4 is 0 Å². The van der Waals surface area contributed by atoms with E-state index >= 15 is 0 Å². The van der Waals surface area contributed by atoms with Gasteiger partial charge in [0.2, 0.25) is 0 Å². The zero-order valence-electron chi connectivity index (χ0n) is 8.60. The maximum Gasteiger partial charge on any atom is 0.0112 e. The van der Waals surface area contributed by atoms with Crippen LogP contribution in [0.4, 0.5) is 0 Å². The Morgan fingerprint density at radius 3 is 2.42 bits per heavy atom. The molecular weight excluding hydrogens is 144 g/mol. The Kier molecular flexibility index (Phi) is 8.34. The first-order valence-electron chi connectivity index (χ1n) is 5.24. The van der Waals surface area contributed by atoms with Gasteiger partial charge in [0.1, 0.15) is 0 Å². The lowest BCUT2D eigenvalue weighted by molar-refractivity contribution is 0.495. The lowest BCUT2D eigenvalue weighted by atomic mass is 10.00. The molecule has 0 aliphatic rings. The maximum absolute atomic E-state index is 5.23. The zero-order valence-corrected chi connectivity index (χ0v) is 8.60. The van der Waals surface area contributed by atoms with Crippen LogP contribution in [0.25, 0.3) is 0 Å². The van der Waals surface area contributed by atoms with Crippen molar-refractivity contribution in [3.8, 4) is 12.3 Å². The van der Waals surface area contributed by atoms with Gasteiger partial charge in [-0.25, -0.2) is 0 Å². The summed E-state index contributed by atoms with van der Waals surface area (Å²) in [4.78, 5) is 0. The third-order valence-corrected chi connectivity index (χ3v) is 2.27. The van der Waals surface area contributed by atoms with Crippen LogP contribution in [0.1, 0.15) is 58.8 Å². The van der Waals surface area contributed by atoms with Gasteiger partial charge in [0.15, 0.2) is 0 Å². The van der Waals surface area contributed by atoms with E-state index in [4.69, 9.17) is 6.42 Å². The molecule has 0 bridgehead atoms. The van der Waals surface area contributed by atoms with Crippen LogP contribution in [-0.2, 0) is 0 Å². The molecule has 0 fully saturated rings. The fourth-order valence-corrected chi connectivity index (χ4v) is 1.40. The van der Waals surface area contributed by atoms with E-state index < -0.39 is 0 Å². The molecule has 0 rings (SSSR count). The quantitative estimate of drug-likeness (QED) is 0.396. The van der Waals surface area contributed by atoms with E-state index in [0.29, 0.717) is 0 Å². The monoisotopic (exact) mass is 166 g/mol. The average molecular weight is 166 g/mol. The highest BCUT2D eigenvalue weighted by Gasteiger charge is 1.98. The van der Waals surface area contributed by atoms with Crippen molar-refractivity contribution in [2.24, 2.45) is 5.92 Å². The molecular formula is C12H22. The van der Waals surface area contributed by atoms with Crippen LogP contribution in [0, 0.1) is 18.3 Å². The Bertz CT molecular complexity index is 118. The fourth-order valence-electron chi connectivity index (χ4n) is 1.40. The van der Waals surface area contributed by atoms with Crippen molar-refractivity contribution in [1.29, 1.82) is 0 Å². The highest BCUT2D eigenvalue weighted by Crippen LogP contribution is 2.13. The molecule has 70 valence electrons. The largest absolute Gasteiger partial charge is 0.120 e. The van der Waals surface area contributed by atoms with Gasteiger partial charge in [-0.3, -0.25) is 0 Å². The first kappa shape index (κ1) is 11.6. The fraction of sp³-hybridized carbons (Fsp3) is 0.833. The highest BCUT2D eigenvalue weighted by atomic mass is 14.0. The van der Waals surface area contributed by atoms with Gasteiger partial charge in [-0.1, -0.05) is 46.0 Å². The van der Waals surface area contributed by atoms with Crippen LogP contribution in [0.3, 0.4) is 0 Å². The van der Waals surface area contributed by atoms with E-state index in [1.54, 1.807) is 0 Å². The van der Waals surface area contributed by atoms with Crippen LogP contribution in [-0.4, -0.2) is 0 Å². The average Bonchev–Trinajstić information content (AvgIpc) is 2.05. The van der Waals surface area contributed by atoms with E-state index in [-0.39, 0.29) is 0 Å². The van der Waals surface area contributed by atoms with E-state index in [1.165, 1.54) is 38.5 Å². The van der Waals surface area contributed by atoms with Gasteiger partial charge in [-0.05, 0) is 12.3 Å². The van der Waals surface area contributed by atoms with Gasteiger partial charge in [-0.15, -0.1) is 12.3 Å². The summed E-state index contributed by atoms with van der Waals surface area (Å²) in [5.41, 5.74) is 0. The molecule has 0 saturated heterocycles. The minimum atomic E-state index is 0.733.